The Balaban J connectivity index is 3.10. The third-order valence-electron chi connectivity index (χ3n) is 3.38. The van der Waals surface area contributed by atoms with Gasteiger partial charge in [0, 0.05) is 11.3 Å². The third kappa shape index (κ3) is 4.75. The minimum Gasteiger partial charge on any atom is -0.399 e. The van der Waals surface area contributed by atoms with E-state index >= 15 is 0 Å². The van der Waals surface area contributed by atoms with Crippen molar-refractivity contribution in [2.75, 3.05) is 7.11 Å². The second kappa shape index (κ2) is 8.96. The molecule has 1 aromatic rings. The fraction of sp³-hybridized carbons (Fsp3) is 0.562. The summed E-state index contributed by atoms with van der Waals surface area (Å²) in [4.78, 5) is 19.4. The summed E-state index contributed by atoms with van der Waals surface area (Å²) in [5, 5.41) is 13.1. The quantitative estimate of drug-likeness (QED) is 0.453. The average molecular weight is 289 g/mol. The first-order chi connectivity index (χ1) is 10.2. The van der Waals surface area contributed by atoms with Gasteiger partial charge in [-0.2, -0.15) is 5.26 Å². The van der Waals surface area contributed by atoms with E-state index in [2.05, 4.69) is 17.1 Å². The number of oxime groups is 1. The largest absolute Gasteiger partial charge is 0.399 e. The summed E-state index contributed by atoms with van der Waals surface area (Å²) < 4.78 is 0. The molecular formula is C16H23N3O2. The predicted molar refractivity (Wildman–Crippen MR) is 83.5 cm³/mol. The maximum atomic E-state index is 11.7. The number of nitriles is 1. The van der Waals surface area contributed by atoms with Crippen molar-refractivity contribution in [1.29, 1.82) is 5.26 Å². The van der Waals surface area contributed by atoms with Crippen LogP contribution in [0.2, 0.25) is 0 Å². The topological polar surface area (TPSA) is 78.2 Å². The van der Waals surface area contributed by atoms with Gasteiger partial charge in [0.25, 0.3) is 5.56 Å². The van der Waals surface area contributed by atoms with Gasteiger partial charge in [0.1, 0.15) is 18.7 Å². The van der Waals surface area contributed by atoms with E-state index in [1.165, 1.54) is 20.0 Å². The highest BCUT2D eigenvalue weighted by molar-refractivity contribution is 6.01. The molecule has 5 heteroatoms. The van der Waals surface area contributed by atoms with E-state index in [1.807, 2.05) is 13.0 Å². The molecule has 0 aromatic carbocycles. The minimum atomic E-state index is -0.346. The molecule has 0 fully saturated rings. The van der Waals surface area contributed by atoms with E-state index in [9.17, 15) is 4.79 Å². The van der Waals surface area contributed by atoms with Crippen molar-refractivity contribution in [2.45, 2.75) is 52.4 Å². The SMILES string of the molecule is CCCCCC/C(=N/OC)c1cc(C#N)c(=O)[nH]c1CC. The Morgan fingerprint density at radius 3 is 2.71 bits per heavy atom. The van der Waals surface area contributed by atoms with Crippen molar-refractivity contribution >= 4 is 5.71 Å². The molecule has 0 saturated heterocycles. The number of H-pyrrole nitrogens is 1. The summed E-state index contributed by atoms with van der Waals surface area (Å²) in [6.45, 7) is 4.13. The van der Waals surface area contributed by atoms with Crippen molar-refractivity contribution < 1.29 is 4.84 Å². The molecule has 21 heavy (non-hydrogen) atoms. The van der Waals surface area contributed by atoms with Gasteiger partial charge < -0.3 is 9.82 Å². The Morgan fingerprint density at radius 2 is 2.14 bits per heavy atom. The molecule has 0 spiro atoms. The zero-order chi connectivity index (χ0) is 15.7. The van der Waals surface area contributed by atoms with E-state index in [1.54, 1.807) is 6.07 Å². The molecule has 1 N–H and O–H groups in total. The number of aromatic nitrogens is 1. The zero-order valence-corrected chi connectivity index (χ0v) is 13.0. The van der Waals surface area contributed by atoms with Crippen LogP contribution in [0.25, 0.3) is 0 Å². The van der Waals surface area contributed by atoms with Crippen LogP contribution in [-0.2, 0) is 11.3 Å². The lowest BCUT2D eigenvalue weighted by atomic mass is 9.99. The molecule has 0 amide bonds. The maximum Gasteiger partial charge on any atom is 0.266 e. The van der Waals surface area contributed by atoms with Crippen molar-refractivity contribution in [1.82, 2.24) is 4.98 Å². The van der Waals surface area contributed by atoms with E-state index in [4.69, 9.17) is 10.1 Å². The molecule has 0 atom stereocenters. The van der Waals surface area contributed by atoms with Crippen molar-refractivity contribution in [3.63, 3.8) is 0 Å². The van der Waals surface area contributed by atoms with Crippen LogP contribution in [0.4, 0.5) is 0 Å². The van der Waals surface area contributed by atoms with Crippen LogP contribution in [-0.4, -0.2) is 17.8 Å². The van der Waals surface area contributed by atoms with Crippen LogP contribution >= 0.6 is 0 Å². The lowest BCUT2D eigenvalue weighted by Gasteiger charge is -2.11. The second-order valence-corrected chi connectivity index (χ2v) is 4.90. The summed E-state index contributed by atoms with van der Waals surface area (Å²) in [5.74, 6) is 0. The number of hydrogen-bond acceptors (Lipinski definition) is 4. The van der Waals surface area contributed by atoms with Gasteiger partial charge in [0.15, 0.2) is 0 Å². The summed E-state index contributed by atoms with van der Waals surface area (Å²) in [6.07, 6.45) is 5.96. The lowest BCUT2D eigenvalue weighted by molar-refractivity contribution is 0.212. The molecule has 0 aliphatic rings. The molecular weight excluding hydrogens is 266 g/mol. The van der Waals surface area contributed by atoms with Crippen molar-refractivity contribution in [3.05, 3.63) is 33.2 Å². The number of nitrogens with one attached hydrogen (secondary N) is 1. The van der Waals surface area contributed by atoms with E-state index in [0.29, 0.717) is 6.42 Å². The lowest BCUT2D eigenvalue weighted by Crippen LogP contribution is -2.18. The standard InChI is InChI=1S/C16H23N3O2/c1-4-6-7-8-9-15(19-21-3)13-10-12(11-17)16(20)18-14(13)5-2/h10H,4-9H2,1-3H3,(H,18,20)/b19-15-. The van der Waals surface area contributed by atoms with Crippen molar-refractivity contribution in [2.24, 2.45) is 5.16 Å². The Morgan fingerprint density at radius 1 is 1.38 bits per heavy atom. The Labute approximate surface area is 125 Å². The van der Waals surface area contributed by atoms with Crippen LogP contribution in [0.15, 0.2) is 16.0 Å². The third-order valence-corrected chi connectivity index (χ3v) is 3.38. The smallest absolute Gasteiger partial charge is 0.266 e. The summed E-state index contributed by atoms with van der Waals surface area (Å²) in [5.41, 5.74) is 2.16. The second-order valence-electron chi connectivity index (χ2n) is 4.90. The number of unbranched alkanes of at least 4 members (excludes halogenated alkanes) is 3. The number of nitrogens with zero attached hydrogens (tertiary/aromatic N) is 2. The van der Waals surface area contributed by atoms with Gasteiger partial charge in [-0.25, -0.2) is 0 Å². The van der Waals surface area contributed by atoms with Crippen molar-refractivity contribution in [3.8, 4) is 6.07 Å². The first-order valence-electron chi connectivity index (χ1n) is 7.44. The summed E-state index contributed by atoms with van der Waals surface area (Å²) >= 11 is 0. The number of aromatic amines is 1. The first kappa shape index (κ1) is 17.0. The van der Waals surface area contributed by atoms with Crippen LogP contribution in [0.5, 0.6) is 0 Å². The summed E-state index contributed by atoms with van der Waals surface area (Å²) in [7, 11) is 1.51. The fourth-order valence-corrected chi connectivity index (χ4v) is 2.25. The minimum absolute atomic E-state index is 0.111. The number of pyridine rings is 1. The fourth-order valence-electron chi connectivity index (χ4n) is 2.25. The highest BCUT2D eigenvalue weighted by Crippen LogP contribution is 2.14. The predicted octanol–water partition coefficient (Wildman–Crippen LogP) is 3.13. The van der Waals surface area contributed by atoms with E-state index in [0.717, 1.165) is 36.2 Å². The monoisotopic (exact) mass is 289 g/mol. The highest BCUT2D eigenvalue weighted by Gasteiger charge is 2.13. The molecule has 0 aliphatic carbocycles. The van der Waals surface area contributed by atoms with Gasteiger partial charge in [-0.3, -0.25) is 4.79 Å². The Bertz CT molecular complexity index is 582. The van der Waals surface area contributed by atoms with E-state index in [-0.39, 0.29) is 11.1 Å². The molecule has 1 rings (SSSR count). The molecule has 0 bridgehead atoms. The normalized spacial score (nSPS) is 11.2. The first-order valence-corrected chi connectivity index (χ1v) is 7.44. The van der Waals surface area contributed by atoms with E-state index < -0.39 is 0 Å². The molecule has 1 aromatic heterocycles. The number of rotatable bonds is 8. The Kier molecular flexibility index (Phi) is 7.24. The number of aryl methyl sites for hydroxylation is 1. The number of hydrogen-bond donors (Lipinski definition) is 1. The molecule has 0 unspecified atom stereocenters. The molecule has 114 valence electrons. The van der Waals surface area contributed by atoms with Crippen LogP contribution in [0.1, 0.15) is 62.8 Å². The van der Waals surface area contributed by atoms with Gasteiger partial charge >= 0.3 is 0 Å². The maximum absolute atomic E-state index is 11.7. The van der Waals surface area contributed by atoms with Crippen LogP contribution in [0, 0.1) is 11.3 Å². The highest BCUT2D eigenvalue weighted by atomic mass is 16.6. The average Bonchev–Trinajstić information content (AvgIpc) is 2.50. The summed E-state index contributed by atoms with van der Waals surface area (Å²) in [6, 6.07) is 3.54. The van der Waals surface area contributed by atoms with Crippen LogP contribution < -0.4 is 5.56 Å². The molecule has 0 aliphatic heterocycles. The van der Waals surface area contributed by atoms with Gasteiger partial charge in [0.05, 0.1) is 5.71 Å². The Hall–Kier alpha value is -2.09. The molecule has 5 nitrogen and oxygen atoms in total. The van der Waals surface area contributed by atoms with Gasteiger partial charge in [-0.1, -0.05) is 38.3 Å². The molecule has 0 saturated carbocycles. The van der Waals surface area contributed by atoms with Gasteiger partial charge in [-0.15, -0.1) is 0 Å². The molecule has 0 radical (unpaired) electrons. The van der Waals surface area contributed by atoms with Gasteiger partial charge in [-0.05, 0) is 25.3 Å². The van der Waals surface area contributed by atoms with Gasteiger partial charge in [0.2, 0.25) is 0 Å². The zero-order valence-electron chi connectivity index (χ0n) is 13.0. The molecule has 1 heterocycles. The van der Waals surface area contributed by atoms with Crippen LogP contribution in [0.3, 0.4) is 0 Å².